The van der Waals surface area contributed by atoms with Gasteiger partial charge in [-0.3, -0.25) is 0 Å². The minimum absolute atomic E-state index is 0.573. The lowest BCUT2D eigenvalue weighted by atomic mass is 10.00. The van der Waals surface area contributed by atoms with Gasteiger partial charge in [0.15, 0.2) is 11.7 Å². The van der Waals surface area contributed by atoms with Crippen molar-refractivity contribution in [1.82, 2.24) is 9.97 Å². The molecular formula is C24H15Cl3N2O. The van der Waals surface area contributed by atoms with Crippen molar-refractivity contribution in [3.05, 3.63) is 87.7 Å². The maximum Gasteiger partial charge on any atom is 0.192 e. The molecule has 148 valence electrons. The minimum Gasteiger partial charge on any atom is -0.440 e. The first-order chi connectivity index (χ1) is 14.5. The van der Waals surface area contributed by atoms with Gasteiger partial charge in [-0.2, -0.15) is 0 Å². The standard InChI is InChI=1S/C24H15Cl3N2O/c1-13-28-23(14-5-7-16(25)8-6-14)24(30-13)21-19-12-18(27)9-10-20(19)29-22(21)15-3-2-4-17(26)11-15/h2-12,29H,1H3. The van der Waals surface area contributed by atoms with Crippen LogP contribution in [0.4, 0.5) is 0 Å². The Morgan fingerprint density at radius 1 is 0.800 bits per heavy atom. The molecule has 0 saturated heterocycles. The fourth-order valence-corrected chi connectivity index (χ4v) is 4.15. The molecule has 0 aliphatic heterocycles. The third-order valence-electron chi connectivity index (χ3n) is 4.95. The van der Waals surface area contributed by atoms with Crippen LogP contribution in [0.1, 0.15) is 5.89 Å². The van der Waals surface area contributed by atoms with Crippen LogP contribution < -0.4 is 0 Å². The van der Waals surface area contributed by atoms with Crippen LogP contribution in [0.2, 0.25) is 15.1 Å². The predicted octanol–water partition coefficient (Wildman–Crippen LogP) is 8.43. The van der Waals surface area contributed by atoms with E-state index in [0.717, 1.165) is 39.0 Å². The highest BCUT2D eigenvalue weighted by Gasteiger charge is 2.23. The number of aryl methyl sites for hydroxylation is 1. The molecule has 0 saturated carbocycles. The normalized spacial score (nSPS) is 11.3. The maximum atomic E-state index is 6.34. The van der Waals surface area contributed by atoms with E-state index in [2.05, 4.69) is 9.97 Å². The van der Waals surface area contributed by atoms with Gasteiger partial charge in [0.25, 0.3) is 0 Å². The molecule has 0 aliphatic carbocycles. The van der Waals surface area contributed by atoms with Crippen LogP contribution in [0.15, 0.2) is 71.1 Å². The lowest BCUT2D eigenvalue weighted by molar-refractivity contribution is 0.535. The molecule has 0 bridgehead atoms. The Kier molecular flexibility index (Phi) is 4.82. The van der Waals surface area contributed by atoms with Gasteiger partial charge in [-0.15, -0.1) is 0 Å². The average Bonchev–Trinajstić information content (AvgIpc) is 3.28. The number of halogens is 3. The molecule has 3 aromatic carbocycles. The molecule has 0 radical (unpaired) electrons. The van der Waals surface area contributed by atoms with Crippen LogP contribution >= 0.6 is 34.8 Å². The summed E-state index contributed by atoms with van der Waals surface area (Å²) >= 11 is 18.7. The Hall–Kier alpha value is -2.72. The molecule has 0 amide bonds. The molecule has 0 unspecified atom stereocenters. The van der Waals surface area contributed by atoms with Gasteiger partial charge in [0, 0.05) is 44.0 Å². The van der Waals surface area contributed by atoms with Crippen LogP contribution in [0, 0.1) is 6.92 Å². The van der Waals surface area contributed by atoms with Crippen LogP contribution in [0.3, 0.4) is 0 Å². The van der Waals surface area contributed by atoms with Gasteiger partial charge in [-0.05, 0) is 42.5 Å². The second-order valence-corrected chi connectivity index (χ2v) is 8.30. The molecule has 6 heteroatoms. The zero-order valence-electron chi connectivity index (χ0n) is 15.8. The predicted molar refractivity (Wildman–Crippen MR) is 124 cm³/mol. The number of nitrogens with zero attached hydrogens (tertiary/aromatic N) is 1. The van der Waals surface area contributed by atoms with Crippen LogP contribution in [-0.2, 0) is 0 Å². The first-order valence-electron chi connectivity index (χ1n) is 9.30. The molecule has 2 aromatic heterocycles. The van der Waals surface area contributed by atoms with Crippen molar-refractivity contribution in [2.24, 2.45) is 0 Å². The van der Waals surface area contributed by atoms with E-state index in [1.165, 1.54) is 0 Å². The van der Waals surface area contributed by atoms with E-state index >= 15 is 0 Å². The third kappa shape index (κ3) is 3.39. The summed E-state index contributed by atoms with van der Waals surface area (Å²) in [5.41, 5.74) is 5.33. The Morgan fingerprint density at radius 2 is 1.53 bits per heavy atom. The number of fused-ring (bicyclic) bond motifs is 1. The van der Waals surface area contributed by atoms with E-state index in [0.29, 0.717) is 26.7 Å². The number of oxazole rings is 1. The number of hydrogen-bond donors (Lipinski definition) is 1. The minimum atomic E-state index is 0.573. The largest absolute Gasteiger partial charge is 0.440 e. The van der Waals surface area contributed by atoms with Gasteiger partial charge >= 0.3 is 0 Å². The van der Waals surface area contributed by atoms with Crippen molar-refractivity contribution in [2.45, 2.75) is 6.92 Å². The zero-order chi connectivity index (χ0) is 20.8. The SMILES string of the molecule is Cc1nc(-c2ccc(Cl)cc2)c(-c2c(-c3cccc(Cl)c3)[nH]c3ccc(Cl)cc23)o1. The van der Waals surface area contributed by atoms with E-state index in [9.17, 15) is 0 Å². The second-order valence-electron chi connectivity index (χ2n) is 6.99. The highest BCUT2D eigenvalue weighted by atomic mass is 35.5. The molecule has 30 heavy (non-hydrogen) atoms. The number of H-pyrrole nitrogens is 1. The molecule has 0 atom stereocenters. The van der Waals surface area contributed by atoms with Crippen molar-refractivity contribution >= 4 is 45.7 Å². The lowest BCUT2D eigenvalue weighted by Crippen LogP contribution is -1.86. The number of hydrogen-bond acceptors (Lipinski definition) is 2. The van der Waals surface area contributed by atoms with Crippen LogP contribution in [0.5, 0.6) is 0 Å². The van der Waals surface area contributed by atoms with Crippen molar-refractivity contribution in [1.29, 1.82) is 0 Å². The number of aromatic nitrogens is 2. The van der Waals surface area contributed by atoms with Crippen LogP contribution in [-0.4, -0.2) is 9.97 Å². The van der Waals surface area contributed by atoms with Gasteiger partial charge in [0.1, 0.15) is 5.69 Å². The highest BCUT2D eigenvalue weighted by Crippen LogP contribution is 2.44. The van der Waals surface area contributed by atoms with Crippen molar-refractivity contribution in [3.8, 4) is 33.8 Å². The quantitative estimate of drug-likeness (QED) is 0.298. The van der Waals surface area contributed by atoms with Crippen molar-refractivity contribution in [2.75, 3.05) is 0 Å². The topological polar surface area (TPSA) is 41.8 Å². The fourth-order valence-electron chi connectivity index (χ4n) is 3.66. The second kappa shape index (κ2) is 7.51. The fraction of sp³-hybridized carbons (Fsp3) is 0.0417. The molecule has 5 aromatic rings. The first kappa shape index (κ1) is 19.3. The lowest BCUT2D eigenvalue weighted by Gasteiger charge is -2.06. The molecule has 0 spiro atoms. The molecule has 3 nitrogen and oxygen atoms in total. The summed E-state index contributed by atoms with van der Waals surface area (Å²) in [5, 5.41) is 2.91. The summed E-state index contributed by atoms with van der Waals surface area (Å²) in [6, 6.07) is 21.0. The average molecular weight is 454 g/mol. The summed E-state index contributed by atoms with van der Waals surface area (Å²) in [6.07, 6.45) is 0. The number of benzene rings is 3. The Morgan fingerprint density at radius 3 is 2.30 bits per heavy atom. The maximum absolute atomic E-state index is 6.34. The molecule has 0 aliphatic rings. The summed E-state index contributed by atoms with van der Waals surface area (Å²) in [6.45, 7) is 1.84. The van der Waals surface area contributed by atoms with Gasteiger partial charge < -0.3 is 9.40 Å². The van der Waals surface area contributed by atoms with Crippen LogP contribution in [0.25, 0.3) is 44.7 Å². The van der Waals surface area contributed by atoms with E-state index < -0.39 is 0 Å². The van der Waals surface area contributed by atoms with E-state index in [-0.39, 0.29) is 0 Å². The zero-order valence-corrected chi connectivity index (χ0v) is 18.1. The monoisotopic (exact) mass is 452 g/mol. The molecule has 5 rings (SSSR count). The van der Waals surface area contributed by atoms with Gasteiger partial charge in [0.05, 0.1) is 11.3 Å². The van der Waals surface area contributed by atoms with E-state index in [4.69, 9.17) is 39.2 Å². The Balaban J connectivity index is 1.84. The molecule has 0 fully saturated rings. The molecule has 2 heterocycles. The number of aromatic amines is 1. The Labute approximate surface area is 188 Å². The summed E-state index contributed by atoms with van der Waals surface area (Å²) in [7, 11) is 0. The van der Waals surface area contributed by atoms with Gasteiger partial charge in [-0.25, -0.2) is 4.98 Å². The third-order valence-corrected chi connectivity index (χ3v) is 5.67. The highest BCUT2D eigenvalue weighted by molar-refractivity contribution is 6.32. The van der Waals surface area contributed by atoms with Crippen molar-refractivity contribution in [3.63, 3.8) is 0 Å². The van der Waals surface area contributed by atoms with Crippen molar-refractivity contribution < 1.29 is 4.42 Å². The van der Waals surface area contributed by atoms with E-state index in [1.54, 1.807) is 0 Å². The molecule has 1 N–H and O–H groups in total. The van der Waals surface area contributed by atoms with E-state index in [1.807, 2.05) is 73.7 Å². The summed E-state index contributed by atoms with van der Waals surface area (Å²) in [5.74, 6) is 1.24. The summed E-state index contributed by atoms with van der Waals surface area (Å²) in [4.78, 5) is 8.17. The number of rotatable bonds is 3. The Bertz CT molecular complexity index is 1380. The molecular weight excluding hydrogens is 439 g/mol. The van der Waals surface area contributed by atoms with Gasteiger partial charge in [-0.1, -0.05) is 59.1 Å². The number of nitrogens with one attached hydrogen (secondary N) is 1. The first-order valence-corrected chi connectivity index (χ1v) is 10.4. The van der Waals surface area contributed by atoms with Gasteiger partial charge in [0.2, 0.25) is 0 Å². The summed E-state index contributed by atoms with van der Waals surface area (Å²) < 4.78 is 6.14. The smallest absolute Gasteiger partial charge is 0.192 e.